The van der Waals surface area contributed by atoms with E-state index in [9.17, 15) is 13.2 Å². The lowest BCUT2D eigenvalue weighted by Gasteiger charge is -2.29. The van der Waals surface area contributed by atoms with Crippen LogP contribution < -0.4 is 9.62 Å². The molecular formula is C25H25ClN2O3S. The van der Waals surface area contributed by atoms with E-state index in [-0.39, 0.29) is 23.4 Å². The molecule has 1 N–H and O–H groups in total. The van der Waals surface area contributed by atoms with E-state index in [4.69, 9.17) is 11.6 Å². The van der Waals surface area contributed by atoms with Gasteiger partial charge >= 0.3 is 0 Å². The Balaban J connectivity index is 1.64. The first-order valence-corrected chi connectivity index (χ1v) is 12.4. The number of halogens is 1. The predicted octanol–water partition coefficient (Wildman–Crippen LogP) is 5.04. The minimum absolute atomic E-state index is 0.0842. The van der Waals surface area contributed by atoms with Crippen molar-refractivity contribution in [2.75, 3.05) is 10.8 Å². The fourth-order valence-electron chi connectivity index (χ4n) is 4.15. The van der Waals surface area contributed by atoms with Crippen LogP contribution in [0.25, 0.3) is 0 Å². The Kier molecular flexibility index (Phi) is 6.53. The maximum absolute atomic E-state index is 13.5. The second-order valence-corrected chi connectivity index (χ2v) is 10.3. The van der Waals surface area contributed by atoms with Gasteiger partial charge in [-0.3, -0.25) is 9.10 Å². The molecule has 0 fully saturated rings. The summed E-state index contributed by atoms with van der Waals surface area (Å²) in [4.78, 5) is 13.2. The molecule has 5 nitrogen and oxygen atoms in total. The summed E-state index contributed by atoms with van der Waals surface area (Å²) in [6.45, 7) is 1.52. The molecule has 1 amide bonds. The number of sulfonamides is 1. The Hall–Kier alpha value is -2.83. The largest absolute Gasteiger partial charge is 0.348 e. The van der Waals surface area contributed by atoms with Crippen molar-refractivity contribution in [1.82, 2.24) is 5.32 Å². The second-order valence-electron chi connectivity index (χ2n) is 7.96. The summed E-state index contributed by atoms with van der Waals surface area (Å²) in [6.07, 6.45) is 2.80. The standard InChI is InChI=1S/C25H25ClN2O3S/c1-18-7-2-5-12-24(18)28(32(30,31)21-15-13-20(26)14-16-21)17-25(29)27-23-11-6-9-19-8-3-4-10-22(19)23/h2-5,7-8,10,12-16,23H,6,9,11,17H2,1H3,(H,27,29)/t23-/m0/s1. The average Bonchev–Trinajstić information content (AvgIpc) is 2.78. The van der Waals surface area contributed by atoms with E-state index in [2.05, 4.69) is 11.4 Å². The second kappa shape index (κ2) is 9.35. The van der Waals surface area contributed by atoms with Crippen molar-refractivity contribution >= 4 is 33.2 Å². The molecule has 0 radical (unpaired) electrons. The quantitative estimate of drug-likeness (QED) is 0.551. The van der Waals surface area contributed by atoms with E-state index in [0.717, 1.165) is 30.4 Å². The molecule has 3 aromatic rings. The first kappa shape index (κ1) is 22.4. The van der Waals surface area contributed by atoms with E-state index in [0.29, 0.717) is 10.7 Å². The molecule has 1 aliphatic carbocycles. The first-order valence-electron chi connectivity index (χ1n) is 10.6. The van der Waals surface area contributed by atoms with Gasteiger partial charge in [-0.25, -0.2) is 8.42 Å². The number of rotatable bonds is 6. The number of para-hydroxylation sites is 1. The average molecular weight is 469 g/mol. The van der Waals surface area contributed by atoms with E-state index in [1.54, 1.807) is 12.1 Å². The van der Waals surface area contributed by atoms with Crippen molar-refractivity contribution in [3.8, 4) is 0 Å². The number of nitrogens with one attached hydrogen (secondary N) is 1. The summed E-state index contributed by atoms with van der Waals surface area (Å²) in [6, 6.07) is 21.1. The van der Waals surface area contributed by atoms with E-state index < -0.39 is 10.0 Å². The SMILES string of the molecule is Cc1ccccc1N(CC(=O)N[C@H]1CCCc2ccccc21)S(=O)(=O)c1ccc(Cl)cc1. The van der Waals surface area contributed by atoms with Gasteiger partial charge in [0.15, 0.2) is 0 Å². The molecule has 0 aromatic heterocycles. The molecule has 32 heavy (non-hydrogen) atoms. The van der Waals surface area contributed by atoms with Gasteiger partial charge in [0.2, 0.25) is 5.91 Å². The summed E-state index contributed by atoms with van der Waals surface area (Å²) in [5.41, 5.74) is 3.58. The molecule has 1 aliphatic rings. The molecule has 0 saturated carbocycles. The molecule has 1 atom stereocenters. The Labute approximate surface area is 194 Å². The minimum atomic E-state index is -3.98. The van der Waals surface area contributed by atoms with Crippen molar-refractivity contribution in [1.29, 1.82) is 0 Å². The van der Waals surface area contributed by atoms with Crippen LogP contribution in [0.15, 0.2) is 77.7 Å². The molecule has 7 heteroatoms. The van der Waals surface area contributed by atoms with Gasteiger partial charge in [-0.05, 0) is 73.2 Å². The van der Waals surface area contributed by atoms with Gasteiger partial charge < -0.3 is 5.32 Å². The third-order valence-corrected chi connectivity index (χ3v) is 7.80. The van der Waals surface area contributed by atoms with Crippen LogP contribution in [0.1, 0.15) is 35.6 Å². The fourth-order valence-corrected chi connectivity index (χ4v) is 5.76. The first-order chi connectivity index (χ1) is 15.4. The van der Waals surface area contributed by atoms with E-state index in [1.165, 1.54) is 34.1 Å². The van der Waals surface area contributed by atoms with Gasteiger partial charge in [-0.1, -0.05) is 54.1 Å². The molecule has 3 aromatic carbocycles. The van der Waals surface area contributed by atoms with Gasteiger partial charge in [0.25, 0.3) is 10.0 Å². The summed E-state index contributed by atoms with van der Waals surface area (Å²) in [5.74, 6) is -0.340. The topological polar surface area (TPSA) is 66.5 Å². The molecule has 0 spiro atoms. The maximum atomic E-state index is 13.5. The van der Waals surface area contributed by atoms with Crippen LogP contribution in [-0.4, -0.2) is 20.9 Å². The molecule has 166 valence electrons. The number of benzene rings is 3. The third kappa shape index (κ3) is 4.66. The lowest BCUT2D eigenvalue weighted by molar-refractivity contribution is -0.120. The van der Waals surface area contributed by atoms with E-state index >= 15 is 0 Å². The number of hydrogen-bond acceptors (Lipinski definition) is 3. The number of fused-ring (bicyclic) bond motifs is 1. The Morgan fingerprint density at radius 3 is 2.47 bits per heavy atom. The summed E-state index contributed by atoms with van der Waals surface area (Å²) < 4.78 is 28.2. The Morgan fingerprint density at radius 2 is 1.72 bits per heavy atom. The van der Waals surface area contributed by atoms with Gasteiger partial charge in [0.05, 0.1) is 16.6 Å². The van der Waals surface area contributed by atoms with E-state index in [1.807, 2.05) is 37.3 Å². The van der Waals surface area contributed by atoms with Crippen molar-refractivity contribution in [3.05, 3.63) is 94.5 Å². The van der Waals surface area contributed by atoms with Gasteiger partial charge in [0.1, 0.15) is 6.54 Å². The highest BCUT2D eigenvalue weighted by Crippen LogP contribution is 2.30. The summed E-state index contributed by atoms with van der Waals surface area (Å²) in [7, 11) is -3.98. The van der Waals surface area contributed by atoms with Crippen molar-refractivity contribution < 1.29 is 13.2 Å². The molecule has 0 aliphatic heterocycles. The molecule has 0 bridgehead atoms. The van der Waals surface area contributed by atoms with Crippen LogP contribution in [0.4, 0.5) is 5.69 Å². The van der Waals surface area contributed by atoms with Crippen molar-refractivity contribution in [2.45, 2.75) is 37.1 Å². The number of nitrogens with zero attached hydrogens (tertiary/aromatic N) is 1. The van der Waals surface area contributed by atoms with Crippen LogP contribution in [-0.2, 0) is 21.2 Å². The zero-order valence-corrected chi connectivity index (χ0v) is 19.4. The summed E-state index contributed by atoms with van der Waals surface area (Å²) >= 11 is 5.95. The van der Waals surface area contributed by atoms with Crippen LogP contribution in [0, 0.1) is 6.92 Å². The lowest BCUT2D eigenvalue weighted by Crippen LogP contribution is -2.42. The minimum Gasteiger partial charge on any atom is -0.348 e. The zero-order chi connectivity index (χ0) is 22.7. The number of aryl methyl sites for hydroxylation is 2. The van der Waals surface area contributed by atoms with Crippen LogP contribution in [0.2, 0.25) is 5.02 Å². The number of carbonyl (C=O) groups is 1. The number of hydrogen-bond donors (Lipinski definition) is 1. The zero-order valence-electron chi connectivity index (χ0n) is 17.8. The lowest BCUT2D eigenvalue weighted by atomic mass is 9.88. The van der Waals surface area contributed by atoms with Crippen LogP contribution >= 0.6 is 11.6 Å². The fraction of sp³-hybridized carbons (Fsp3) is 0.240. The van der Waals surface area contributed by atoms with Crippen LogP contribution in [0.3, 0.4) is 0 Å². The monoisotopic (exact) mass is 468 g/mol. The molecular weight excluding hydrogens is 444 g/mol. The highest BCUT2D eigenvalue weighted by molar-refractivity contribution is 7.92. The molecule has 0 heterocycles. The predicted molar refractivity (Wildman–Crippen MR) is 127 cm³/mol. The van der Waals surface area contributed by atoms with Gasteiger partial charge in [0, 0.05) is 5.02 Å². The smallest absolute Gasteiger partial charge is 0.264 e. The highest BCUT2D eigenvalue weighted by Gasteiger charge is 2.29. The Bertz CT molecular complexity index is 1230. The maximum Gasteiger partial charge on any atom is 0.264 e. The highest BCUT2D eigenvalue weighted by atomic mass is 35.5. The normalized spacial score (nSPS) is 15.6. The number of anilines is 1. The van der Waals surface area contributed by atoms with Crippen LogP contribution in [0.5, 0.6) is 0 Å². The molecule has 4 rings (SSSR count). The summed E-state index contributed by atoms with van der Waals surface area (Å²) in [5, 5.41) is 3.51. The van der Waals surface area contributed by atoms with Gasteiger partial charge in [-0.2, -0.15) is 0 Å². The molecule has 0 unspecified atom stereocenters. The number of carbonyl (C=O) groups excluding carboxylic acids is 1. The Morgan fingerprint density at radius 1 is 1.03 bits per heavy atom. The van der Waals surface area contributed by atoms with Crippen molar-refractivity contribution in [3.63, 3.8) is 0 Å². The van der Waals surface area contributed by atoms with Gasteiger partial charge in [-0.15, -0.1) is 0 Å². The molecule has 0 saturated heterocycles. The van der Waals surface area contributed by atoms with Crippen molar-refractivity contribution in [2.24, 2.45) is 0 Å². The number of amides is 1. The third-order valence-electron chi connectivity index (χ3n) is 5.78.